The summed E-state index contributed by atoms with van der Waals surface area (Å²) in [6.45, 7) is 0. The highest BCUT2D eigenvalue weighted by Crippen LogP contribution is 2.57. The van der Waals surface area contributed by atoms with Crippen LogP contribution in [0.15, 0.2) is 60.7 Å². The molecule has 0 nitrogen and oxygen atoms in total. The van der Waals surface area contributed by atoms with Gasteiger partial charge in [-0.25, -0.2) is 0 Å². The lowest BCUT2D eigenvalue weighted by Gasteiger charge is -2.16. The Labute approximate surface area is 161 Å². The summed E-state index contributed by atoms with van der Waals surface area (Å²) in [7, 11) is 0. The number of rotatable bonds is 0. The van der Waals surface area contributed by atoms with Gasteiger partial charge in [-0.1, -0.05) is 48.5 Å². The zero-order valence-electron chi connectivity index (χ0n) is 15.2. The van der Waals surface area contributed by atoms with Crippen LogP contribution in [0, 0.1) is 0 Å². The highest BCUT2D eigenvalue weighted by atomic mass is 14.3. The summed E-state index contributed by atoms with van der Waals surface area (Å²) in [6.07, 6.45) is 2.17. The molecule has 6 aromatic carbocycles. The van der Waals surface area contributed by atoms with Gasteiger partial charge in [-0.05, 0) is 113 Å². The Kier molecular flexibility index (Phi) is 1.74. The van der Waals surface area contributed by atoms with E-state index >= 15 is 0 Å². The smallest absolute Gasteiger partial charge is 0.000474 e. The molecular formula is C28H14. The fourth-order valence-corrected chi connectivity index (χ4v) is 6.75. The van der Waals surface area contributed by atoms with Crippen molar-refractivity contribution >= 4 is 43.1 Å². The van der Waals surface area contributed by atoms with Gasteiger partial charge in [-0.2, -0.15) is 0 Å². The molecule has 0 atom stereocenters. The monoisotopic (exact) mass is 350 g/mol. The van der Waals surface area contributed by atoms with Gasteiger partial charge in [0.05, 0.1) is 0 Å². The van der Waals surface area contributed by atoms with Crippen LogP contribution in [0.2, 0.25) is 0 Å². The first-order valence-corrected chi connectivity index (χ1v) is 10.2. The summed E-state index contributed by atoms with van der Waals surface area (Å²) in [5.41, 5.74) is 11.8. The predicted molar refractivity (Wildman–Crippen MR) is 118 cm³/mol. The van der Waals surface area contributed by atoms with Gasteiger partial charge in [-0.3, -0.25) is 0 Å². The predicted octanol–water partition coefficient (Wildman–Crippen LogP) is 7.19. The van der Waals surface area contributed by atoms with Crippen LogP contribution in [-0.2, 0) is 12.8 Å². The van der Waals surface area contributed by atoms with Crippen LogP contribution in [0.25, 0.3) is 65.3 Å². The number of fused-ring (bicyclic) bond motifs is 3. The summed E-state index contributed by atoms with van der Waals surface area (Å²) in [6, 6.07) is 23.5. The lowest BCUT2D eigenvalue weighted by Crippen LogP contribution is -1.89. The molecule has 0 heterocycles. The van der Waals surface area contributed by atoms with Crippen molar-refractivity contribution in [3.63, 3.8) is 0 Å². The first-order valence-electron chi connectivity index (χ1n) is 10.2. The summed E-state index contributed by atoms with van der Waals surface area (Å²) in [5, 5.41) is 12.2. The van der Waals surface area contributed by atoms with Crippen molar-refractivity contribution in [1.29, 1.82) is 0 Å². The summed E-state index contributed by atoms with van der Waals surface area (Å²) < 4.78 is 0. The van der Waals surface area contributed by atoms with Crippen LogP contribution >= 0.6 is 0 Å². The summed E-state index contributed by atoms with van der Waals surface area (Å²) in [5.74, 6) is 0. The Morgan fingerprint density at radius 1 is 0.393 bits per heavy atom. The van der Waals surface area contributed by atoms with Crippen molar-refractivity contribution in [2.75, 3.05) is 0 Å². The van der Waals surface area contributed by atoms with E-state index in [1.54, 1.807) is 26.9 Å². The molecule has 9 rings (SSSR count). The van der Waals surface area contributed by atoms with Crippen molar-refractivity contribution in [1.82, 2.24) is 0 Å². The maximum absolute atomic E-state index is 2.51. The maximum Gasteiger partial charge on any atom is -0.000474 e. The van der Waals surface area contributed by atoms with Crippen molar-refractivity contribution in [3.8, 4) is 22.3 Å². The Morgan fingerprint density at radius 3 is 1.71 bits per heavy atom. The van der Waals surface area contributed by atoms with E-state index in [4.69, 9.17) is 0 Å². The first kappa shape index (κ1) is 12.9. The molecule has 0 heteroatoms. The molecule has 0 unspecified atom stereocenters. The third-order valence-electron chi connectivity index (χ3n) is 7.70. The number of benzene rings is 6. The normalized spacial score (nSPS) is 14.9. The number of hydrogen-bond acceptors (Lipinski definition) is 0. The SMILES string of the molecule is c1ccc2c(c1)-c1cc3c4c5c(ccc6c5c5c(ccc7cc-2c1c4c75)C6)C3. The minimum absolute atomic E-state index is 1.08. The minimum Gasteiger partial charge on any atom is -0.0616 e. The second-order valence-electron chi connectivity index (χ2n) is 8.86. The van der Waals surface area contributed by atoms with E-state index in [1.807, 2.05) is 0 Å². The highest BCUT2D eigenvalue weighted by molar-refractivity contribution is 6.41. The van der Waals surface area contributed by atoms with E-state index < -0.39 is 0 Å². The Bertz CT molecular complexity index is 1750. The highest BCUT2D eigenvalue weighted by Gasteiger charge is 2.32. The summed E-state index contributed by atoms with van der Waals surface area (Å²) >= 11 is 0. The molecule has 6 aromatic rings. The molecular weight excluding hydrogens is 336 g/mol. The number of hydrogen-bond donors (Lipinski definition) is 0. The van der Waals surface area contributed by atoms with Crippen LogP contribution < -0.4 is 0 Å². The topological polar surface area (TPSA) is 0 Å². The van der Waals surface area contributed by atoms with Gasteiger partial charge in [0.15, 0.2) is 0 Å². The molecule has 28 heavy (non-hydrogen) atoms. The Balaban J connectivity index is 1.74. The van der Waals surface area contributed by atoms with Crippen molar-refractivity contribution in [2.45, 2.75) is 12.8 Å². The van der Waals surface area contributed by atoms with Crippen LogP contribution in [0.3, 0.4) is 0 Å². The maximum atomic E-state index is 2.51. The van der Waals surface area contributed by atoms with Crippen LogP contribution in [-0.4, -0.2) is 0 Å². The van der Waals surface area contributed by atoms with Gasteiger partial charge in [-0.15, -0.1) is 0 Å². The fraction of sp³-hybridized carbons (Fsp3) is 0.0714. The van der Waals surface area contributed by atoms with Crippen LogP contribution in [0.5, 0.6) is 0 Å². The second kappa shape index (κ2) is 3.77. The quantitative estimate of drug-likeness (QED) is 0.200. The molecule has 126 valence electrons. The van der Waals surface area contributed by atoms with Crippen molar-refractivity contribution in [3.05, 3.63) is 82.9 Å². The van der Waals surface area contributed by atoms with E-state index in [9.17, 15) is 0 Å². The molecule has 0 aromatic heterocycles. The van der Waals surface area contributed by atoms with Gasteiger partial charge < -0.3 is 0 Å². The van der Waals surface area contributed by atoms with E-state index in [0.717, 1.165) is 12.8 Å². The van der Waals surface area contributed by atoms with E-state index in [0.29, 0.717) is 0 Å². The second-order valence-corrected chi connectivity index (χ2v) is 8.86. The molecule has 0 N–H and O–H groups in total. The van der Waals surface area contributed by atoms with E-state index in [2.05, 4.69) is 60.7 Å². The van der Waals surface area contributed by atoms with Gasteiger partial charge in [0, 0.05) is 0 Å². The average molecular weight is 350 g/mol. The molecule has 0 saturated carbocycles. The van der Waals surface area contributed by atoms with Gasteiger partial charge in [0.2, 0.25) is 0 Å². The van der Waals surface area contributed by atoms with E-state index in [1.165, 1.54) is 60.7 Å². The molecule has 0 fully saturated rings. The van der Waals surface area contributed by atoms with Gasteiger partial charge >= 0.3 is 0 Å². The third-order valence-corrected chi connectivity index (χ3v) is 7.70. The molecule has 0 bridgehead atoms. The molecule has 0 saturated heterocycles. The lowest BCUT2D eigenvalue weighted by atomic mass is 9.87. The molecule has 0 radical (unpaired) electrons. The lowest BCUT2D eigenvalue weighted by molar-refractivity contribution is 1.24. The minimum atomic E-state index is 1.08. The molecule has 0 aliphatic heterocycles. The Hall–Kier alpha value is -3.38. The molecule has 0 spiro atoms. The van der Waals surface area contributed by atoms with Crippen LogP contribution in [0.1, 0.15) is 22.3 Å². The molecule has 3 aliphatic carbocycles. The zero-order valence-corrected chi connectivity index (χ0v) is 15.2. The standard InChI is InChI=1S/C28H14/c1-2-4-19-18(3-1)20-11-16-8-7-14-9-13-5-6-15-10-17-12-21(19)27(20)28-25(16)23(14)22(13)24(15)26(17)28/h1-8,11-12H,9-10H2. The summed E-state index contributed by atoms with van der Waals surface area (Å²) in [4.78, 5) is 0. The van der Waals surface area contributed by atoms with Gasteiger partial charge in [0.25, 0.3) is 0 Å². The largest absolute Gasteiger partial charge is 0.0616 e. The van der Waals surface area contributed by atoms with Gasteiger partial charge in [0.1, 0.15) is 0 Å². The Morgan fingerprint density at radius 2 is 0.964 bits per heavy atom. The average Bonchev–Trinajstić information content (AvgIpc) is 3.38. The van der Waals surface area contributed by atoms with Crippen LogP contribution in [0.4, 0.5) is 0 Å². The van der Waals surface area contributed by atoms with E-state index in [-0.39, 0.29) is 0 Å². The third kappa shape index (κ3) is 1.11. The zero-order chi connectivity index (χ0) is 17.7. The molecule has 3 aliphatic rings. The van der Waals surface area contributed by atoms with Crippen molar-refractivity contribution < 1.29 is 0 Å². The fourth-order valence-electron chi connectivity index (χ4n) is 6.75. The first-order chi connectivity index (χ1) is 13.9. The van der Waals surface area contributed by atoms with Crippen molar-refractivity contribution in [2.24, 2.45) is 0 Å². The molecule has 0 amide bonds.